The lowest BCUT2D eigenvalue weighted by Crippen LogP contribution is -2.52. The Morgan fingerprint density at radius 1 is 0.964 bits per heavy atom. The van der Waals surface area contributed by atoms with Crippen molar-refractivity contribution < 1.29 is 14.4 Å². The Morgan fingerprint density at radius 2 is 1.61 bits per heavy atom. The number of nitrogens with two attached hydrogens (primary N) is 2. The van der Waals surface area contributed by atoms with E-state index in [2.05, 4.69) is 0 Å². The van der Waals surface area contributed by atoms with Crippen LogP contribution in [0.1, 0.15) is 17.5 Å². The molecule has 0 unspecified atom stereocenters. The lowest BCUT2D eigenvalue weighted by atomic mass is 9.93. The summed E-state index contributed by atoms with van der Waals surface area (Å²) in [6.45, 7) is 0.674. The molecule has 7 nitrogen and oxygen atoms in total. The predicted octanol–water partition coefficient (Wildman–Crippen LogP) is 0.807. The van der Waals surface area contributed by atoms with Gasteiger partial charge in [0, 0.05) is 25.2 Å². The van der Waals surface area contributed by atoms with Crippen LogP contribution in [0.3, 0.4) is 0 Å². The van der Waals surface area contributed by atoms with E-state index in [4.69, 9.17) is 11.5 Å². The number of primary amides is 2. The maximum atomic E-state index is 13.1. The van der Waals surface area contributed by atoms with Gasteiger partial charge in [-0.1, -0.05) is 42.5 Å². The number of amides is 3. The molecule has 28 heavy (non-hydrogen) atoms. The summed E-state index contributed by atoms with van der Waals surface area (Å²) < 4.78 is 0. The number of nitrogens with zero attached hydrogens (tertiary/aromatic N) is 2. The second-order valence-electron chi connectivity index (χ2n) is 6.89. The molecule has 3 amide bonds. The largest absolute Gasteiger partial charge is 0.370 e. The van der Waals surface area contributed by atoms with Crippen molar-refractivity contribution in [1.82, 2.24) is 4.90 Å². The molecule has 0 aliphatic carbocycles. The van der Waals surface area contributed by atoms with E-state index in [-0.39, 0.29) is 25.4 Å². The second kappa shape index (κ2) is 8.67. The number of carbonyl (C=O) groups is 3. The number of benzene rings is 2. The Morgan fingerprint density at radius 3 is 2.25 bits per heavy atom. The fraction of sp³-hybridized carbons (Fsp3) is 0.286. The Kier molecular flexibility index (Phi) is 6.06. The summed E-state index contributed by atoms with van der Waals surface area (Å²) in [5.41, 5.74) is 13.7. The van der Waals surface area contributed by atoms with Crippen LogP contribution in [0.15, 0.2) is 54.6 Å². The summed E-state index contributed by atoms with van der Waals surface area (Å²) >= 11 is 0. The molecule has 146 valence electrons. The number of hydrogen-bond acceptors (Lipinski definition) is 4. The molecule has 1 atom stereocenters. The lowest BCUT2D eigenvalue weighted by molar-refractivity contribution is -0.126. The van der Waals surface area contributed by atoms with Gasteiger partial charge in [0.15, 0.2) is 0 Å². The summed E-state index contributed by atoms with van der Waals surface area (Å²) in [4.78, 5) is 39.7. The third-order valence-corrected chi connectivity index (χ3v) is 4.96. The summed E-state index contributed by atoms with van der Waals surface area (Å²) in [6.07, 6.45) is 0.536. The fourth-order valence-corrected chi connectivity index (χ4v) is 3.51. The molecule has 0 saturated carbocycles. The topological polar surface area (TPSA) is 110 Å². The van der Waals surface area contributed by atoms with Crippen LogP contribution in [0.5, 0.6) is 0 Å². The Labute approximate surface area is 163 Å². The Bertz CT molecular complexity index is 869. The van der Waals surface area contributed by atoms with Crippen LogP contribution in [0.4, 0.5) is 5.69 Å². The molecule has 0 saturated heterocycles. The molecule has 1 aliphatic heterocycles. The van der Waals surface area contributed by atoms with Gasteiger partial charge in [0.2, 0.25) is 17.7 Å². The first-order valence-corrected chi connectivity index (χ1v) is 9.19. The highest BCUT2D eigenvalue weighted by molar-refractivity contribution is 5.96. The van der Waals surface area contributed by atoms with Gasteiger partial charge in [0.1, 0.15) is 0 Å². The monoisotopic (exact) mass is 380 g/mol. The highest BCUT2D eigenvalue weighted by Gasteiger charge is 2.32. The van der Waals surface area contributed by atoms with Crippen molar-refractivity contribution in [3.63, 3.8) is 0 Å². The number of rotatable bonds is 7. The SMILES string of the molecule is NC(=O)CCN(C(=O)CN1Cc2ccccc2C[C@@H]1C(N)=O)c1ccccc1. The van der Waals surface area contributed by atoms with Gasteiger partial charge >= 0.3 is 0 Å². The average Bonchev–Trinajstić information content (AvgIpc) is 2.68. The highest BCUT2D eigenvalue weighted by atomic mass is 16.2. The lowest BCUT2D eigenvalue weighted by Gasteiger charge is -2.36. The third kappa shape index (κ3) is 4.55. The first-order valence-electron chi connectivity index (χ1n) is 9.19. The number of anilines is 1. The standard InChI is InChI=1S/C21H24N4O3/c22-19(26)10-11-25(17-8-2-1-3-9-17)20(27)14-24-13-16-7-5-4-6-15(16)12-18(24)21(23)28/h1-9,18H,10-14H2,(H2,22,26)(H2,23,28)/t18-/m1/s1. The van der Waals surface area contributed by atoms with Gasteiger partial charge in [0.25, 0.3) is 0 Å². The second-order valence-corrected chi connectivity index (χ2v) is 6.89. The predicted molar refractivity (Wildman–Crippen MR) is 106 cm³/mol. The van der Waals surface area contributed by atoms with Crippen LogP contribution < -0.4 is 16.4 Å². The van der Waals surface area contributed by atoms with Crippen molar-refractivity contribution in [2.45, 2.75) is 25.4 Å². The highest BCUT2D eigenvalue weighted by Crippen LogP contribution is 2.24. The van der Waals surface area contributed by atoms with Gasteiger partial charge in [-0.2, -0.15) is 0 Å². The van der Waals surface area contributed by atoms with Gasteiger partial charge in [-0.25, -0.2) is 0 Å². The van der Waals surface area contributed by atoms with E-state index >= 15 is 0 Å². The molecule has 4 N–H and O–H groups in total. The molecule has 0 aromatic heterocycles. The Balaban J connectivity index is 1.81. The normalized spacial score (nSPS) is 16.2. The van der Waals surface area contributed by atoms with E-state index in [1.165, 1.54) is 4.90 Å². The number of carbonyl (C=O) groups excluding carboxylic acids is 3. The molecule has 3 rings (SSSR count). The maximum Gasteiger partial charge on any atom is 0.241 e. The van der Waals surface area contributed by atoms with Crippen LogP contribution in [-0.2, 0) is 27.3 Å². The van der Waals surface area contributed by atoms with Crippen molar-refractivity contribution >= 4 is 23.4 Å². The number of hydrogen-bond donors (Lipinski definition) is 2. The van der Waals surface area contributed by atoms with E-state index < -0.39 is 17.9 Å². The van der Waals surface area contributed by atoms with Crippen LogP contribution in [0.2, 0.25) is 0 Å². The first-order chi connectivity index (χ1) is 13.5. The van der Waals surface area contributed by atoms with Gasteiger partial charge < -0.3 is 16.4 Å². The molecule has 1 heterocycles. The van der Waals surface area contributed by atoms with Crippen molar-refractivity contribution in [2.75, 3.05) is 18.0 Å². The molecule has 2 aromatic carbocycles. The van der Waals surface area contributed by atoms with E-state index in [0.717, 1.165) is 11.1 Å². The zero-order chi connectivity index (χ0) is 20.1. The molecule has 0 radical (unpaired) electrons. The minimum Gasteiger partial charge on any atom is -0.370 e. The molecule has 2 aromatic rings. The zero-order valence-corrected chi connectivity index (χ0v) is 15.6. The summed E-state index contributed by atoms with van der Waals surface area (Å²) in [7, 11) is 0. The Hall–Kier alpha value is -3.19. The average molecular weight is 380 g/mol. The molecule has 0 bridgehead atoms. The third-order valence-electron chi connectivity index (χ3n) is 4.96. The van der Waals surface area contributed by atoms with Crippen molar-refractivity contribution in [3.8, 4) is 0 Å². The summed E-state index contributed by atoms with van der Waals surface area (Å²) in [5.74, 6) is -1.14. The number of para-hydroxylation sites is 1. The summed E-state index contributed by atoms with van der Waals surface area (Å²) in [6, 6.07) is 16.4. The zero-order valence-electron chi connectivity index (χ0n) is 15.6. The van der Waals surface area contributed by atoms with Crippen LogP contribution >= 0.6 is 0 Å². The molecular formula is C21H24N4O3. The first kappa shape index (κ1) is 19.6. The van der Waals surface area contributed by atoms with Gasteiger partial charge in [-0.3, -0.25) is 19.3 Å². The quantitative estimate of drug-likeness (QED) is 0.740. The van der Waals surface area contributed by atoms with Crippen LogP contribution in [-0.4, -0.2) is 41.8 Å². The minimum atomic E-state index is -0.549. The summed E-state index contributed by atoms with van der Waals surface area (Å²) in [5, 5.41) is 0. The van der Waals surface area contributed by atoms with Gasteiger partial charge in [-0.15, -0.1) is 0 Å². The smallest absolute Gasteiger partial charge is 0.241 e. The van der Waals surface area contributed by atoms with Gasteiger partial charge in [-0.05, 0) is 29.7 Å². The maximum absolute atomic E-state index is 13.1. The van der Waals surface area contributed by atoms with Crippen LogP contribution in [0.25, 0.3) is 0 Å². The van der Waals surface area contributed by atoms with E-state index in [1.807, 2.05) is 42.5 Å². The van der Waals surface area contributed by atoms with E-state index in [0.29, 0.717) is 18.7 Å². The van der Waals surface area contributed by atoms with E-state index in [1.54, 1.807) is 17.0 Å². The minimum absolute atomic E-state index is 0.0234. The molecular weight excluding hydrogens is 356 g/mol. The molecule has 1 aliphatic rings. The molecule has 0 fully saturated rings. The van der Waals surface area contributed by atoms with Gasteiger partial charge in [0.05, 0.1) is 12.6 Å². The van der Waals surface area contributed by atoms with Crippen molar-refractivity contribution in [1.29, 1.82) is 0 Å². The fourth-order valence-electron chi connectivity index (χ4n) is 3.51. The number of fused-ring (bicyclic) bond motifs is 1. The van der Waals surface area contributed by atoms with Crippen molar-refractivity contribution in [3.05, 3.63) is 65.7 Å². The van der Waals surface area contributed by atoms with E-state index in [9.17, 15) is 14.4 Å². The van der Waals surface area contributed by atoms with Crippen molar-refractivity contribution in [2.24, 2.45) is 11.5 Å². The van der Waals surface area contributed by atoms with Crippen LogP contribution in [0, 0.1) is 0 Å². The molecule has 7 heteroatoms. The molecule has 0 spiro atoms.